The lowest BCUT2D eigenvalue weighted by atomic mass is 10.00. The molecule has 0 aliphatic rings. The van der Waals surface area contributed by atoms with Crippen LogP contribution in [0.1, 0.15) is 41.8 Å². The largest absolute Gasteiger partial charge is 0.504 e. The zero-order valence-corrected chi connectivity index (χ0v) is 13.4. The summed E-state index contributed by atoms with van der Waals surface area (Å²) in [7, 11) is 0. The molecule has 0 saturated heterocycles. The maximum atomic E-state index is 14.0. The third-order valence-electron chi connectivity index (χ3n) is 3.61. The number of benzene rings is 2. The molecule has 0 radical (unpaired) electrons. The number of ether oxygens (including phenoxy) is 1. The van der Waals surface area contributed by atoms with Crippen molar-refractivity contribution in [3.63, 3.8) is 0 Å². The molecule has 0 aliphatic heterocycles. The molecule has 0 heterocycles. The van der Waals surface area contributed by atoms with E-state index in [0.29, 0.717) is 0 Å². The van der Waals surface area contributed by atoms with E-state index >= 15 is 0 Å². The van der Waals surface area contributed by atoms with E-state index in [9.17, 15) is 14.3 Å². The number of phenolic OH excluding ortho intramolecular Hbond substituents is 1. The van der Waals surface area contributed by atoms with E-state index in [4.69, 9.17) is 4.74 Å². The van der Waals surface area contributed by atoms with Crippen LogP contribution in [0.5, 0.6) is 11.5 Å². The van der Waals surface area contributed by atoms with Gasteiger partial charge in [-0.1, -0.05) is 37.6 Å². The molecule has 2 rings (SSSR count). The van der Waals surface area contributed by atoms with Crippen molar-refractivity contribution in [1.82, 2.24) is 0 Å². The summed E-state index contributed by atoms with van der Waals surface area (Å²) in [4.78, 5) is 12.3. The van der Waals surface area contributed by atoms with Crippen LogP contribution in [0.4, 0.5) is 4.39 Å². The lowest BCUT2D eigenvalue weighted by molar-refractivity contribution is 0.0989. The van der Waals surface area contributed by atoms with E-state index in [0.717, 1.165) is 18.4 Å². The van der Waals surface area contributed by atoms with Crippen LogP contribution in [0.15, 0.2) is 36.4 Å². The summed E-state index contributed by atoms with van der Waals surface area (Å²) in [6.07, 6.45) is 2.18. The number of aromatic hydroxyl groups is 1. The van der Waals surface area contributed by atoms with E-state index in [1.165, 1.54) is 17.7 Å². The van der Waals surface area contributed by atoms with Gasteiger partial charge < -0.3 is 9.84 Å². The van der Waals surface area contributed by atoms with Crippen molar-refractivity contribution in [1.29, 1.82) is 0 Å². The second kappa shape index (κ2) is 7.77. The first-order valence-corrected chi connectivity index (χ1v) is 7.82. The molecule has 2 aromatic rings. The Morgan fingerprint density at radius 2 is 1.74 bits per heavy atom. The van der Waals surface area contributed by atoms with Gasteiger partial charge in [0.2, 0.25) is 5.82 Å². The van der Waals surface area contributed by atoms with Gasteiger partial charge in [0.1, 0.15) is 0 Å². The van der Waals surface area contributed by atoms with Gasteiger partial charge in [0.05, 0.1) is 12.2 Å². The van der Waals surface area contributed by atoms with Crippen molar-refractivity contribution in [3.8, 4) is 11.5 Å². The topological polar surface area (TPSA) is 46.5 Å². The Hall–Kier alpha value is -2.36. The lowest BCUT2D eigenvalue weighted by Gasteiger charge is -2.09. The van der Waals surface area contributed by atoms with Crippen LogP contribution in [-0.4, -0.2) is 17.5 Å². The summed E-state index contributed by atoms with van der Waals surface area (Å²) < 4.78 is 19.0. The molecule has 0 spiro atoms. The highest BCUT2D eigenvalue weighted by molar-refractivity contribution is 6.00. The molecule has 0 aliphatic carbocycles. The highest BCUT2D eigenvalue weighted by atomic mass is 19.1. The molecule has 0 aromatic heterocycles. The molecule has 0 bridgehead atoms. The van der Waals surface area contributed by atoms with Crippen LogP contribution >= 0.6 is 0 Å². The summed E-state index contributed by atoms with van der Waals surface area (Å²) in [5, 5.41) is 9.89. The first-order chi connectivity index (χ1) is 11.1. The minimum absolute atomic E-state index is 0.0245. The minimum Gasteiger partial charge on any atom is -0.504 e. The number of halogens is 1. The van der Waals surface area contributed by atoms with E-state index in [1.807, 2.05) is 24.3 Å². The number of Topliss-reactive ketones (excluding diaryl/α,β-unsaturated/α-hetero) is 1. The van der Waals surface area contributed by atoms with Crippen molar-refractivity contribution >= 4 is 5.78 Å². The highest BCUT2D eigenvalue weighted by Gasteiger charge is 2.18. The predicted octanol–water partition coefficient (Wildman–Crippen LogP) is 4.31. The first-order valence-electron chi connectivity index (χ1n) is 7.82. The monoisotopic (exact) mass is 316 g/mol. The van der Waals surface area contributed by atoms with E-state index in [-0.39, 0.29) is 30.1 Å². The van der Waals surface area contributed by atoms with Crippen LogP contribution in [-0.2, 0) is 12.8 Å². The van der Waals surface area contributed by atoms with E-state index in [2.05, 4.69) is 6.92 Å². The molecular formula is C19H21FO3. The lowest BCUT2D eigenvalue weighted by Crippen LogP contribution is -2.06. The van der Waals surface area contributed by atoms with Crippen molar-refractivity contribution in [2.24, 2.45) is 0 Å². The molecule has 0 saturated carbocycles. The number of hydrogen-bond donors (Lipinski definition) is 1. The Balaban J connectivity index is 2.15. The molecule has 4 heteroatoms. The van der Waals surface area contributed by atoms with Gasteiger partial charge in [-0.05, 0) is 36.6 Å². The second-order valence-electron chi connectivity index (χ2n) is 5.37. The van der Waals surface area contributed by atoms with E-state index in [1.54, 1.807) is 6.92 Å². The smallest absolute Gasteiger partial charge is 0.207 e. The number of rotatable bonds is 7. The minimum atomic E-state index is -0.893. The van der Waals surface area contributed by atoms with E-state index < -0.39 is 11.6 Å². The van der Waals surface area contributed by atoms with Crippen LogP contribution in [0, 0.1) is 5.82 Å². The molecule has 2 aromatic carbocycles. The fourth-order valence-electron chi connectivity index (χ4n) is 2.43. The summed E-state index contributed by atoms with van der Waals surface area (Å²) >= 11 is 0. The summed E-state index contributed by atoms with van der Waals surface area (Å²) in [6, 6.07) is 10.5. The third-order valence-corrected chi connectivity index (χ3v) is 3.61. The summed E-state index contributed by atoms with van der Waals surface area (Å²) in [5.74, 6) is -1.92. The molecule has 122 valence electrons. The number of phenols is 1. The standard InChI is InChI=1S/C19H21FO3/c1-3-5-13-6-8-14(9-7-13)12-16(21)15-10-11-17(23-4-2)18(20)19(15)22/h6-11,22H,3-5,12H2,1-2H3. The Kier molecular flexibility index (Phi) is 5.74. The molecule has 0 atom stereocenters. The fraction of sp³-hybridized carbons (Fsp3) is 0.316. The Labute approximate surface area is 135 Å². The number of carbonyl (C=O) groups excluding carboxylic acids is 1. The van der Waals surface area contributed by atoms with Crippen LogP contribution in [0.3, 0.4) is 0 Å². The number of hydrogen-bond acceptors (Lipinski definition) is 3. The average molecular weight is 316 g/mol. The van der Waals surface area contributed by atoms with Crippen molar-refractivity contribution in [2.75, 3.05) is 6.61 Å². The molecular weight excluding hydrogens is 295 g/mol. The quantitative estimate of drug-likeness (QED) is 0.774. The van der Waals surface area contributed by atoms with Gasteiger partial charge >= 0.3 is 0 Å². The fourth-order valence-corrected chi connectivity index (χ4v) is 2.43. The molecule has 0 fully saturated rings. The molecule has 3 nitrogen and oxygen atoms in total. The van der Waals surface area contributed by atoms with Crippen molar-refractivity contribution in [3.05, 3.63) is 58.9 Å². The van der Waals surface area contributed by atoms with Gasteiger partial charge in [-0.3, -0.25) is 4.79 Å². The summed E-state index contributed by atoms with van der Waals surface area (Å²) in [6.45, 7) is 4.12. The SMILES string of the molecule is CCCc1ccc(CC(=O)c2ccc(OCC)c(F)c2O)cc1. The maximum absolute atomic E-state index is 14.0. The Bertz CT molecular complexity index is 678. The summed E-state index contributed by atoms with van der Waals surface area (Å²) in [5.41, 5.74) is 2.03. The van der Waals surface area contributed by atoms with Crippen molar-refractivity contribution < 1.29 is 19.0 Å². The zero-order chi connectivity index (χ0) is 16.8. The Morgan fingerprint density at radius 1 is 1.09 bits per heavy atom. The van der Waals surface area contributed by atoms with Crippen molar-refractivity contribution in [2.45, 2.75) is 33.1 Å². The van der Waals surface area contributed by atoms with Crippen LogP contribution in [0.2, 0.25) is 0 Å². The van der Waals surface area contributed by atoms with Gasteiger partial charge in [-0.25, -0.2) is 0 Å². The molecule has 1 N–H and O–H groups in total. The zero-order valence-electron chi connectivity index (χ0n) is 13.4. The molecule has 23 heavy (non-hydrogen) atoms. The van der Waals surface area contributed by atoms with Gasteiger partial charge in [0, 0.05) is 6.42 Å². The average Bonchev–Trinajstić information content (AvgIpc) is 2.54. The number of carbonyl (C=O) groups is 1. The maximum Gasteiger partial charge on any atom is 0.207 e. The van der Waals surface area contributed by atoms with Gasteiger partial charge in [-0.2, -0.15) is 4.39 Å². The van der Waals surface area contributed by atoms with Gasteiger partial charge in [-0.15, -0.1) is 0 Å². The molecule has 0 unspecified atom stereocenters. The Morgan fingerprint density at radius 3 is 2.35 bits per heavy atom. The number of aryl methyl sites for hydroxylation is 1. The first kappa shape index (κ1) is 17.0. The number of ketones is 1. The van der Waals surface area contributed by atoms with Gasteiger partial charge in [0.25, 0.3) is 0 Å². The van der Waals surface area contributed by atoms with Gasteiger partial charge in [0.15, 0.2) is 17.3 Å². The highest BCUT2D eigenvalue weighted by Crippen LogP contribution is 2.30. The third kappa shape index (κ3) is 4.09. The predicted molar refractivity (Wildman–Crippen MR) is 87.7 cm³/mol. The van der Waals surface area contributed by atoms with Crippen LogP contribution in [0.25, 0.3) is 0 Å². The van der Waals surface area contributed by atoms with Crippen LogP contribution < -0.4 is 4.74 Å². The second-order valence-corrected chi connectivity index (χ2v) is 5.37. The molecule has 0 amide bonds. The normalized spacial score (nSPS) is 10.6.